The second kappa shape index (κ2) is 8.76. The average molecular weight is 378 g/mol. The molecule has 1 N–H and O–H groups in total. The van der Waals surface area contributed by atoms with E-state index in [-0.39, 0.29) is 11.9 Å². The summed E-state index contributed by atoms with van der Waals surface area (Å²) >= 11 is 0. The standard InChI is InChI=1S/C23H26N2O3/c1-25(2)22(21-11-7-9-16-8-5-6-10-20(16)21)15-24-23(26)17-12-18(27-3)14-19(13-17)28-4/h5-14,22H,15H2,1-4H3,(H,24,26)/t22-/m0/s1. The van der Waals surface area contributed by atoms with Gasteiger partial charge in [0.25, 0.3) is 5.91 Å². The van der Waals surface area contributed by atoms with Crippen LogP contribution in [0.25, 0.3) is 10.8 Å². The maximum Gasteiger partial charge on any atom is 0.251 e. The molecule has 0 aliphatic rings. The Labute approximate surface area is 165 Å². The zero-order valence-corrected chi connectivity index (χ0v) is 16.7. The first-order valence-electron chi connectivity index (χ1n) is 9.19. The molecule has 1 amide bonds. The summed E-state index contributed by atoms with van der Waals surface area (Å²) in [7, 11) is 7.18. The highest BCUT2D eigenvalue weighted by molar-refractivity contribution is 5.95. The lowest BCUT2D eigenvalue weighted by atomic mass is 9.98. The van der Waals surface area contributed by atoms with Crippen molar-refractivity contribution in [3.8, 4) is 11.5 Å². The number of carbonyl (C=O) groups excluding carboxylic acids is 1. The van der Waals surface area contributed by atoms with Crippen molar-refractivity contribution < 1.29 is 14.3 Å². The summed E-state index contributed by atoms with van der Waals surface area (Å²) in [5.74, 6) is 1.01. The molecule has 146 valence electrons. The first-order chi connectivity index (χ1) is 13.5. The lowest BCUT2D eigenvalue weighted by Crippen LogP contribution is -2.34. The molecule has 0 aliphatic carbocycles. The second-order valence-corrected chi connectivity index (χ2v) is 6.86. The van der Waals surface area contributed by atoms with Crippen LogP contribution < -0.4 is 14.8 Å². The van der Waals surface area contributed by atoms with Crippen LogP contribution in [0.1, 0.15) is 22.0 Å². The molecule has 0 spiro atoms. The van der Waals surface area contributed by atoms with Gasteiger partial charge < -0.3 is 19.7 Å². The molecule has 3 rings (SSSR count). The summed E-state index contributed by atoms with van der Waals surface area (Å²) in [6, 6.07) is 19.8. The van der Waals surface area contributed by atoms with Crippen LogP contribution in [0.4, 0.5) is 0 Å². The predicted molar refractivity (Wildman–Crippen MR) is 112 cm³/mol. The van der Waals surface area contributed by atoms with Crippen molar-refractivity contribution in [2.24, 2.45) is 0 Å². The van der Waals surface area contributed by atoms with E-state index in [0.29, 0.717) is 23.6 Å². The summed E-state index contributed by atoms with van der Waals surface area (Å²) in [4.78, 5) is 14.9. The third kappa shape index (κ3) is 4.26. The molecule has 0 aliphatic heterocycles. The fourth-order valence-electron chi connectivity index (χ4n) is 3.34. The van der Waals surface area contributed by atoms with Crippen LogP contribution in [0.15, 0.2) is 60.7 Å². The molecule has 0 fully saturated rings. The smallest absolute Gasteiger partial charge is 0.251 e. The van der Waals surface area contributed by atoms with E-state index in [2.05, 4.69) is 40.5 Å². The molecule has 5 nitrogen and oxygen atoms in total. The molecule has 28 heavy (non-hydrogen) atoms. The van der Waals surface area contributed by atoms with Crippen LogP contribution >= 0.6 is 0 Å². The Kier molecular flexibility index (Phi) is 6.16. The molecule has 0 bridgehead atoms. The second-order valence-electron chi connectivity index (χ2n) is 6.86. The fourth-order valence-corrected chi connectivity index (χ4v) is 3.34. The van der Waals surface area contributed by atoms with Gasteiger partial charge in [-0.3, -0.25) is 4.79 Å². The number of carbonyl (C=O) groups is 1. The first kappa shape index (κ1) is 19.7. The van der Waals surface area contributed by atoms with Crippen LogP contribution in [-0.4, -0.2) is 45.7 Å². The Morgan fingerprint density at radius 3 is 2.25 bits per heavy atom. The molecule has 0 aromatic heterocycles. The third-order valence-electron chi connectivity index (χ3n) is 4.88. The van der Waals surface area contributed by atoms with Gasteiger partial charge in [0.1, 0.15) is 11.5 Å². The zero-order chi connectivity index (χ0) is 20.1. The van der Waals surface area contributed by atoms with Gasteiger partial charge in [0.15, 0.2) is 0 Å². The molecule has 0 radical (unpaired) electrons. The molecular formula is C23H26N2O3. The van der Waals surface area contributed by atoms with E-state index >= 15 is 0 Å². The zero-order valence-electron chi connectivity index (χ0n) is 16.7. The van der Waals surface area contributed by atoms with E-state index in [1.807, 2.05) is 26.2 Å². The number of methoxy groups -OCH3 is 2. The van der Waals surface area contributed by atoms with Gasteiger partial charge in [-0.05, 0) is 42.6 Å². The minimum atomic E-state index is -0.163. The SMILES string of the molecule is COc1cc(OC)cc(C(=O)NC[C@@H](c2cccc3ccccc23)N(C)C)c1. The van der Waals surface area contributed by atoms with E-state index in [1.54, 1.807) is 32.4 Å². The number of amides is 1. The number of rotatable bonds is 7. The molecule has 0 heterocycles. The molecule has 5 heteroatoms. The van der Waals surface area contributed by atoms with Gasteiger partial charge in [-0.2, -0.15) is 0 Å². The summed E-state index contributed by atoms with van der Waals surface area (Å²) < 4.78 is 10.5. The Morgan fingerprint density at radius 1 is 0.964 bits per heavy atom. The number of ether oxygens (including phenoxy) is 2. The highest BCUT2D eigenvalue weighted by atomic mass is 16.5. The van der Waals surface area contributed by atoms with Crippen molar-refractivity contribution in [2.45, 2.75) is 6.04 Å². The number of nitrogens with zero attached hydrogens (tertiary/aromatic N) is 1. The van der Waals surface area contributed by atoms with Crippen molar-refractivity contribution in [1.82, 2.24) is 10.2 Å². The summed E-state index contributed by atoms with van der Waals surface area (Å²) in [5, 5.41) is 5.44. The maximum atomic E-state index is 12.8. The molecule has 3 aromatic rings. The Hall–Kier alpha value is -3.05. The monoisotopic (exact) mass is 378 g/mol. The predicted octanol–water partition coefficient (Wildman–Crippen LogP) is 3.89. The van der Waals surface area contributed by atoms with E-state index in [0.717, 1.165) is 0 Å². The van der Waals surface area contributed by atoms with Crippen LogP contribution in [0, 0.1) is 0 Å². The van der Waals surface area contributed by atoms with Gasteiger partial charge >= 0.3 is 0 Å². The lowest BCUT2D eigenvalue weighted by Gasteiger charge is -2.26. The summed E-state index contributed by atoms with van der Waals surface area (Å²) in [6.45, 7) is 0.485. The van der Waals surface area contributed by atoms with Crippen molar-refractivity contribution in [1.29, 1.82) is 0 Å². The largest absolute Gasteiger partial charge is 0.497 e. The van der Waals surface area contributed by atoms with Crippen LogP contribution in [0.2, 0.25) is 0 Å². The number of nitrogens with one attached hydrogen (secondary N) is 1. The van der Waals surface area contributed by atoms with Gasteiger partial charge in [0.05, 0.1) is 20.3 Å². The number of hydrogen-bond acceptors (Lipinski definition) is 4. The van der Waals surface area contributed by atoms with E-state index in [4.69, 9.17) is 9.47 Å². The van der Waals surface area contributed by atoms with E-state index in [1.165, 1.54) is 16.3 Å². The Morgan fingerprint density at radius 2 is 1.61 bits per heavy atom. The number of fused-ring (bicyclic) bond motifs is 1. The van der Waals surface area contributed by atoms with Crippen LogP contribution in [0.5, 0.6) is 11.5 Å². The van der Waals surface area contributed by atoms with Gasteiger partial charge in [-0.1, -0.05) is 42.5 Å². The van der Waals surface area contributed by atoms with Crippen molar-refractivity contribution >= 4 is 16.7 Å². The van der Waals surface area contributed by atoms with Crippen LogP contribution in [0.3, 0.4) is 0 Å². The van der Waals surface area contributed by atoms with E-state index in [9.17, 15) is 4.79 Å². The highest BCUT2D eigenvalue weighted by Crippen LogP contribution is 2.27. The minimum absolute atomic E-state index is 0.0440. The summed E-state index contributed by atoms with van der Waals surface area (Å²) in [5.41, 5.74) is 1.69. The lowest BCUT2D eigenvalue weighted by molar-refractivity contribution is 0.0941. The van der Waals surface area contributed by atoms with Crippen molar-refractivity contribution in [2.75, 3.05) is 34.9 Å². The number of likely N-dealkylation sites (N-methyl/N-ethyl adjacent to an activating group) is 1. The number of hydrogen-bond donors (Lipinski definition) is 1. The Bertz CT molecular complexity index is 941. The van der Waals surface area contributed by atoms with Gasteiger partial charge in [-0.25, -0.2) is 0 Å². The van der Waals surface area contributed by atoms with Crippen molar-refractivity contribution in [3.05, 3.63) is 71.8 Å². The van der Waals surface area contributed by atoms with Gasteiger partial charge in [-0.15, -0.1) is 0 Å². The highest BCUT2D eigenvalue weighted by Gasteiger charge is 2.18. The fraction of sp³-hybridized carbons (Fsp3) is 0.261. The van der Waals surface area contributed by atoms with Gasteiger partial charge in [0.2, 0.25) is 0 Å². The van der Waals surface area contributed by atoms with Crippen LogP contribution in [-0.2, 0) is 0 Å². The molecule has 1 atom stereocenters. The first-order valence-corrected chi connectivity index (χ1v) is 9.19. The summed E-state index contributed by atoms with van der Waals surface area (Å²) in [6.07, 6.45) is 0. The van der Waals surface area contributed by atoms with E-state index < -0.39 is 0 Å². The molecule has 0 saturated carbocycles. The molecular weight excluding hydrogens is 352 g/mol. The maximum absolute atomic E-state index is 12.8. The average Bonchev–Trinajstić information content (AvgIpc) is 2.73. The molecule has 0 unspecified atom stereocenters. The number of benzene rings is 3. The molecule has 3 aromatic carbocycles. The Balaban J connectivity index is 1.83. The quantitative estimate of drug-likeness (QED) is 0.678. The van der Waals surface area contributed by atoms with Gasteiger partial charge in [0, 0.05) is 18.2 Å². The topological polar surface area (TPSA) is 50.8 Å². The molecule has 0 saturated heterocycles. The minimum Gasteiger partial charge on any atom is -0.497 e. The van der Waals surface area contributed by atoms with Crippen molar-refractivity contribution in [3.63, 3.8) is 0 Å². The third-order valence-corrected chi connectivity index (χ3v) is 4.88. The normalized spacial score (nSPS) is 12.0.